The van der Waals surface area contributed by atoms with Gasteiger partial charge in [-0.1, -0.05) is 27.5 Å². The molecule has 28 nitrogen and oxygen atoms in total. The molecule has 92 heavy (non-hydrogen) atoms. The Hall–Kier alpha value is -9.26. The van der Waals surface area contributed by atoms with Gasteiger partial charge in [0.05, 0.1) is 82.2 Å². The number of halogens is 3. The van der Waals surface area contributed by atoms with E-state index in [1.807, 2.05) is 79.7 Å². The van der Waals surface area contributed by atoms with E-state index in [9.17, 15) is 9.59 Å². The number of aromatic nitrogens is 16. The number of nitrogens with two attached hydrogens (primary N) is 1. The standard InChI is InChI=1S/2C20H21N7O2.C17H18N6O3.C3H5N.Au.3ClH/c1-12-10-21-19(29-12)13-3-4-14(9-13)23-20-22-11-17-18(24-20)27(26-25-17)15-5-7-16(28-2)8-6-15;1-3-10-21-19(28)13-4-5-14(11-13)23-20-22-12-17-18(24-20)27(26-25-17)15-6-8-16(29-2)9-7-15;1-26-13-6-4-12(5-7-13)23-15-14(21-22-23)9-18-17(20-15)19-11-3-2-10(8-11)16(24)25;1-2-3-4;;;;/h5-8,10-11,13-14H,3-4,9H2,1-2H3,(H,22,23,24);1,6-9,12-14H,4-5,10-11H2,2H3,(H,21,28)(H,22,23,24);4-7,9-11H,2-3,8H2,1H3,(H,24,25)(H,18,19,20);1H,3-4H2;;3*1H/q;;;;+3;;;/p-3/t2*13-,14+;10-,11+;;;;;/m000...../s1. The zero-order chi connectivity index (χ0) is 65.1. The number of carbonyl (C=O) groups is 2. The van der Waals surface area contributed by atoms with Crippen LogP contribution < -0.4 is 41.2 Å². The molecule has 3 aliphatic rings. The Morgan fingerprint density at radius 2 is 0.978 bits per heavy atom. The fourth-order valence-corrected chi connectivity index (χ4v) is 10.5. The number of anilines is 3. The summed E-state index contributed by atoms with van der Waals surface area (Å²) in [7, 11) is 19.7. The van der Waals surface area contributed by atoms with E-state index in [1.54, 1.807) is 60.2 Å². The summed E-state index contributed by atoms with van der Waals surface area (Å²) in [6.45, 7) is 2.53. The Kier molecular flexibility index (Phi) is 23.8. The number of fused-ring (bicyclic) bond motifs is 3. The number of hydrogen-bond donors (Lipinski definition) is 6. The van der Waals surface area contributed by atoms with Crippen molar-refractivity contribution in [1.29, 1.82) is 0 Å². The van der Waals surface area contributed by atoms with Crippen molar-refractivity contribution in [2.75, 3.05) is 50.4 Å². The van der Waals surface area contributed by atoms with Crippen molar-refractivity contribution >= 4 is 90.8 Å². The topological polar surface area (TPSA) is 352 Å². The van der Waals surface area contributed by atoms with Gasteiger partial charge in [0.15, 0.2) is 39.4 Å². The number of ether oxygens (including phenoxy) is 3. The van der Waals surface area contributed by atoms with Crippen LogP contribution in [-0.2, 0) is 24.8 Å². The Balaban J connectivity index is 0.000000154. The van der Waals surface area contributed by atoms with E-state index in [-0.39, 0.29) is 42.4 Å². The molecule has 0 aliphatic heterocycles. The fraction of sp³-hybridized carbons (Fsp3) is 0.350. The minimum atomic E-state index is -1.79. The number of carboxylic acid groups (broad SMARTS) is 1. The van der Waals surface area contributed by atoms with Gasteiger partial charge in [0.25, 0.3) is 0 Å². The number of nitrogens with one attached hydrogen (secondary N) is 4. The molecule has 32 heteroatoms. The fourth-order valence-electron chi connectivity index (χ4n) is 10.5. The summed E-state index contributed by atoms with van der Waals surface area (Å²) in [5, 5.41) is 46.8. The molecule has 3 aromatic carbocycles. The number of rotatable bonds is 16. The normalized spacial score (nSPS) is 18.0. The molecule has 10 aromatic rings. The molecule has 1 amide bonds. The van der Waals surface area contributed by atoms with Gasteiger partial charge in [-0.3, -0.25) is 9.59 Å². The molecule has 3 fully saturated rings. The first-order chi connectivity index (χ1) is 44.6. The number of benzene rings is 3. The summed E-state index contributed by atoms with van der Waals surface area (Å²) < 4.78 is 26.3. The van der Waals surface area contributed by atoms with Gasteiger partial charge in [-0.15, -0.1) is 28.1 Å². The van der Waals surface area contributed by atoms with Gasteiger partial charge in [0, 0.05) is 30.0 Å². The molecular formula is C60H65AuCl3N21O7. The molecule has 0 spiro atoms. The second-order valence-electron chi connectivity index (χ2n) is 21.0. The van der Waals surface area contributed by atoms with E-state index in [1.165, 1.54) is 0 Å². The van der Waals surface area contributed by atoms with Crippen LogP contribution in [0, 0.1) is 43.4 Å². The number of aryl methyl sites for hydroxylation is 1. The van der Waals surface area contributed by atoms with Crippen LogP contribution >= 0.6 is 27.6 Å². The Bertz CT molecular complexity index is 4140. The van der Waals surface area contributed by atoms with E-state index in [2.05, 4.69) is 105 Å². The third-order valence-electron chi connectivity index (χ3n) is 15.0. The van der Waals surface area contributed by atoms with E-state index < -0.39 is 21.2 Å². The van der Waals surface area contributed by atoms with Crippen LogP contribution in [0.25, 0.3) is 50.6 Å². The number of hydrogen-bond acceptors (Lipinski definition) is 23. The molecule has 6 atom stereocenters. The zero-order valence-corrected chi connectivity index (χ0v) is 54.6. The minimum absolute atomic E-state index is 0.00500. The van der Waals surface area contributed by atoms with E-state index in [4.69, 9.17) is 63.5 Å². The van der Waals surface area contributed by atoms with Gasteiger partial charge < -0.3 is 50.7 Å². The van der Waals surface area contributed by atoms with Crippen LogP contribution in [0.2, 0.25) is 0 Å². The predicted octanol–water partition coefficient (Wildman–Crippen LogP) is 8.34. The van der Waals surface area contributed by atoms with Crippen LogP contribution in [0.1, 0.15) is 75.4 Å². The molecular weight excluding hydrogens is 1430 g/mol. The van der Waals surface area contributed by atoms with Gasteiger partial charge in [-0.2, -0.15) is 29.0 Å². The van der Waals surface area contributed by atoms with E-state index >= 15 is 0 Å². The molecule has 0 unspecified atom stereocenters. The van der Waals surface area contributed by atoms with E-state index in [0.717, 1.165) is 84.5 Å². The quantitative estimate of drug-likeness (QED) is 0.0391. The molecule has 0 saturated heterocycles. The molecule has 484 valence electrons. The number of carboxylic acids is 1. The average molecular weight is 1500 g/mol. The third-order valence-corrected chi connectivity index (χ3v) is 15.0. The first-order valence-electron chi connectivity index (χ1n) is 28.7. The number of carbonyl (C=O) groups excluding carboxylic acids is 1. The summed E-state index contributed by atoms with van der Waals surface area (Å²) in [5.41, 5.74) is 11.0. The summed E-state index contributed by atoms with van der Waals surface area (Å²) in [6, 6.07) is 23.0. The van der Waals surface area contributed by atoms with Crippen molar-refractivity contribution in [3.8, 4) is 59.0 Å². The first-order valence-corrected chi connectivity index (χ1v) is 36.8. The molecule has 0 radical (unpaired) electrons. The van der Waals surface area contributed by atoms with E-state index in [0.29, 0.717) is 83.1 Å². The number of methoxy groups -OCH3 is 3. The Morgan fingerprint density at radius 3 is 1.33 bits per heavy atom. The average Bonchev–Trinajstić information content (AvgIpc) is 2.07. The number of nitrogens with zero attached hydrogens (tertiary/aromatic N) is 16. The second-order valence-corrected chi connectivity index (χ2v) is 30.4. The second kappa shape index (κ2) is 32.7. The zero-order valence-electron chi connectivity index (χ0n) is 50.2. The molecule has 0 bridgehead atoms. The number of terminal acetylenes is 2. The maximum absolute atomic E-state index is 12.1. The van der Waals surface area contributed by atoms with Gasteiger partial charge >= 0.3 is 48.7 Å². The number of oxazole rings is 1. The van der Waals surface area contributed by atoms with Gasteiger partial charge in [0.1, 0.15) is 23.0 Å². The maximum atomic E-state index is 12.1. The number of aliphatic carboxylic acids is 1. The predicted molar refractivity (Wildman–Crippen MR) is 343 cm³/mol. The van der Waals surface area contributed by atoms with Crippen molar-refractivity contribution in [1.82, 2.24) is 85.2 Å². The third kappa shape index (κ3) is 17.8. The summed E-state index contributed by atoms with van der Waals surface area (Å²) >= 11 is -1.79. The molecule has 13 rings (SSSR count). The van der Waals surface area contributed by atoms with Crippen LogP contribution in [0.4, 0.5) is 17.8 Å². The molecule has 3 aliphatic carbocycles. The molecule has 7 aromatic heterocycles. The van der Waals surface area contributed by atoms with Crippen molar-refractivity contribution in [3.63, 3.8) is 0 Å². The van der Waals surface area contributed by atoms with Crippen LogP contribution in [0.15, 0.2) is 102 Å². The van der Waals surface area contributed by atoms with Crippen molar-refractivity contribution < 1.29 is 48.5 Å². The van der Waals surface area contributed by atoms with Gasteiger partial charge in [0.2, 0.25) is 23.8 Å². The van der Waals surface area contributed by atoms with Crippen molar-refractivity contribution in [2.45, 2.75) is 88.8 Å². The summed E-state index contributed by atoms with van der Waals surface area (Å²) in [4.78, 5) is 54.4. The van der Waals surface area contributed by atoms with Crippen LogP contribution in [0.3, 0.4) is 0 Å². The Labute approximate surface area is 546 Å². The van der Waals surface area contributed by atoms with Gasteiger partial charge in [-0.05, 0) is 138 Å². The van der Waals surface area contributed by atoms with Crippen LogP contribution in [-0.4, -0.2) is 149 Å². The van der Waals surface area contributed by atoms with Crippen molar-refractivity contribution in [3.05, 3.63) is 109 Å². The monoisotopic (exact) mass is 1490 g/mol. The summed E-state index contributed by atoms with van der Waals surface area (Å²) in [5.74, 6) is 9.36. The molecule has 7 heterocycles. The summed E-state index contributed by atoms with van der Waals surface area (Å²) in [6.07, 6.45) is 24.0. The first kappa shape index (κ1) is 67.1. The molecule has 3 saturated carbocycles. The number of amides is 1. The van der Waals surface area contributed by atoms with Gasteiger partial charge in [-0.25, -0.2) is 19.9 Å². The van der Waals surface area contributed by atoms with Crippen molar-refractivity contribution in [2.24, 2.45) is 17.6 Å². The SMILES string of the molecule is C#CCN.C#CCNC(=O)[C@H]1CC[C@@H](Nc2ncc3nnn(-c4ccc(OC)cc4)c3n2)C1.COc1ccc(-n2nnc3cnc(N[C@@H]4CC[C@H](C(=O)O)C4)nc32)cc1.COc1ccc(-n2nnc3cnc(N[C@@H]4CC[C@H](c5ncc(C)o5)C4)nc32)cc1.[Cl][Au]([Cl])[Cl]. The Morgan fingerprint density at radius 1 is 0.598 bits per heavy atom. The molecule has 7 N–H and O–H groups in total. The van der Waals surface area contributed by atoms with Crippen LogP contribution in [0.5, 0.6) is 17.2 Å².